The molecule has 128 valence electrons. The second-order valence-electron chi connectivity index (χ2n) is 5.42. The Morgan fingerprint density at radius 2 is 1.83 bits per heavy atom. The fraction of sp³-hybridized carbons (Fsp3) is 0.375. The highest BCUT2D eigenvalue weighted by Crippen LogP contribution is 2.07. The van der Waals surface area contributed by atoms with Crippen LogP contribution in [0.2, 0.25) is 0 Å². The number of nitrogens with two attached hydrogens (primary N) is 1. The molecule has 1 aromatic heterocycles. The average molecular weight is 359 g/mol. The van der Waals surface area contributed by atoms with Crippen LogP contribution in [0, 0.1) is 5.92 Å². The Labute approximate surface area is 149 Å². The van der Waals surface area contributed by atoms with E-state index < -0.39 is 0 Å². The molecular weight excluding hydrogens is 335 g/mol. The van der Waals surface area contributed by atoms with Gasteiger partial charge in [-0.3, -0.25) is 4.79 Å². The topological polar surface area (TPSA) is 72.9 Å². The number of benzene rings is 1. The number of imidazole rings is 1. The third kappa shape index (κ3) is 6.60. The summed E-state index contributed by atoms with van der Waals surface area (Å²) in [6, 6.07) is 8.06. The van der Waals surface area contributed by atoms with Crippen molar-refractivity contribution in [2.45, 2.75) is 33.0 Å². The first-order valence-electron chi connectivity index (χ1n) is 7.13. The van der Waals surface area contributed by atoms with Gasteiger partial charge in [0.1, 0.15) is 0 Å². The second kappa shape index (κ2) is 10.3. The van der Waals surface area contributed by atoms with E-state index in [0.717, 1.165) is 12.1 Å². The van der Waals surface area contributed by atoms with E-state index in [1.165, 1.54) is 5.56 Å². The number of amides is 1. The van der Waals surface area contributed by atoms with Crippen molar-refractivity contribution in [3.8, 4) is 0 Å². The molecule has 0 spiro atoms. The quantitative estimate of drug-likeness (QED) is 0.832. The molecule has 0 fully saturated rings. The average Bonchev–Trinajstić information content (AvgIpc) is 2.98. The lowest BCUT2D eigenvalue weighted by atomic mass is 10.0. The number of hydrogen-bond acceptors (Lipinski definition) is 3. The van der Waals surface area contributed by atoms with Gasteiger partial charge >= 0.3 is 0 Å². The van der Waals surface area contributed by atoms with E-state index in [2.05, 4.69) is 22.4 Å². The Bertz CT molecular complexity index is 570. The molecule has 1 amide bonds. The van der Waals surface area contributed by atoms with Gasteiger partial charge in [0.05, 0.1) is 6.33 Å². The zero-order valence-electron chi connectivity index (χ0n) is 13.3. The fourth-order valence-electron chi connectivity index (χ4n) is 1.94. The van der Waals surface area contributed by atoms with Crippen molar-refractivity contribution < 1.29 is 4.79 Å². The van der Waals surface area contributed by atoms with Crippen LogP contribution in [-0.2, 0) is 17.9 Å². The van der Waals surface area contributed by atoms with Gasteiger partial charge in [-0.2, -0.15) is 0 Å². The third-order valence-electron chi connectivity index (χ3n) is 3.62. The van der Waals surface area contributed by atoms with Crippen molar-refractivity contribution in [3.63, 3.8) is 0 Å². The number of nitrogens with one attached hydrogen (secondary N) is 1. The van der Waals surface area contributed by atoms with Crippen LogP contribution in [0.4, 0.5) is 0 Å². The number of hydrogen-bond donors (Lipinski definition) is 2. The van der Waals surface area contributed by atoms with Crippen LogP contribution in [0.1, 0.15) is 25.0 Å². The molecule has 5 nitrogen and oxygen atoms in total. The monoisotopic (exact) mass is 358 g/mol. The largest absolute Gasteiger partial charge is 0.352 e. The summed E-state index contributed by atoms with van der Waals surface area (Å²) in [5, 5.41) is 2.91. The molecule has 2 atom stereocenters. The van der Waals surface area contributed by atoms with Gasteiger partial charge < -0.3 is 15.6 Å². The molecule has 2 unspecified atom stereocenters. The highest BCUT2D eigenvalue weighted by Gasteiger charge is 2.16. The molecule has 0 aliphatic rings. The van der Waals surface area contributed by atoms with E-state index in [9.17, 15) is 4.79 Å². The van der Waals surface area contributed by atoms with Crippen LogP contribution < -0.4 is 11.1 Å². The fourth-order valence-corrected chi connectivity index (χ4v) is 1.94. The van der Waals surface area contributed by atoms with Crippen molar-refractivity contribution in [3.05, 3.63) is 54.1 Å². The molecule has 0 saturated heterocycles. The summed E-state index contributed by atoms with van der Waals surface area (Å²) >= 11 is 0. The van der Waals surface area contributed by atoms with E-state index in [-0.39, 0.29) is 42.7 Å². The maximum Gasteiger partial charge on any atom is 0.224 e. The summed E-state index contributed by atoms with van der Waals surface area (Å²) in [7, 11) is 0. The maximum atomic E-state index is 11.8. The Morgan fingerprint density at radius 3 is 2.35 bits per heavy atom. The minimum absolute atomic E-state index is 0. The number of halogens is 2. The van der Waals surface area contributed by atoms with Gasteiger partial charge in [0.25, 0.3) is 0 Å². The van der Waals surface area contributed by atoms with E-state index in [1.54, 1.807) is 12.5 Å². The lowest BCUT2D eigenvalue weighted by Gasteiger charge is -2.15. The van der Waals surface area contributed by atoms with E-state index in [1.807, 2.05) is 36.7 Å². The highest BCUT2D eigenvalue weighted by molar-refractivity contribution is 5.85. The molecule has 2 aromatic rings. The van der Waals surface area contributed by atoms with Crippen molar-refractivity contribution >= 4 is 30.7 Å². The zero-order valence-corrected chi connectivity index (χ0v) is 14.9. The van der Waals surface area contributed by atoms with E-state index >= 15 is 0 Å². The summed E-state index contributed by atoms with van der Waals surface area (Å²) in [6.07, 6.45) is 5.50. The second-order valence-corrected chi connectivity index (χ2v) is 5.42. The number of aromatic nitrogens is 2. The predicted octanol–water partition coefficient (Wildman–Crippen LogP) is 2.37. The first kappa shape index (κ1) is 21.4. The molecule has 1 aromatic carbocycles. The van der Waals surface area contributed by atoms with Crippen molar-refractivity contribution in [1.29, 1.82) is 0 Å². The third-order valence-corrected chi connectivity index (χ3v) is 3.62. The maximum absolute atomic E-state index is 11.8. The standard InChI is InChI=1S/C16H22N4O.2ClH/c1-12(13(2)17)16(21)19-9-14-3-5-15(6-4-14)10-20-8-7-18-11-20;;/h3-8,11-13H,9-10,17H2,1-2H3,(H,19,21);2*1H. The molecule has 0 bridgehead atoms. The molecule has 23 heavy (non-hydrogen) atoms. The summed E-state index contributed by atoms with van der Waals surface area (Å²) in [6.45, 7) is 5.01. The lowest BCUT2D eigenvalue weighted by molar-refractivity contribution is -0.125. The van der Waals surface area contributed by atoms with Gasteiger partial charge in [-0.15, -0.1) is 24.8 Å². The minimum Gasteiger partial charge on any atom is -0.352 e. The van der Waals surface area contributed by atoms with Gasteiger partial charge in [-0.25, -0.2) is 4.98 Å². The van der Waals surface area contributed by atoms with Gasteiger partial charge in [0, 0.05) is 37.4 Å². The first-order chi connectivity index (χ1) is 10.1. The Balaban J connectivity index is 0.00000242. The molecule has 0 saturated carbocycles. The summed E-state index contributed by atoms with van der Waals surface area (Å²) in [4.78, 5) is 15.9. The normalized spacial score (nSPS) is 12.5. The molecule has 2 rings (SSSR count). The Hall–Kier alpha value is -1.56. The van der Waals surface area contributed by atoms with Crippen LogP contribution >= 0.6 is 24.8 Å². The van der Waals surface area contributed by atoms with Crippen LogP contribution in [0.15, 0.2) is 43.0 Å². The number of carbonyl (C=O) groups excluding carboxylic acids is 1. The number of rotatable bonds is 6. The van der Waals surface area contributed by atoms with Gasteiger partial charge in [0.15, 0.2) is 0 Å². The van der Waals surface area contributed by atoms with Crippen LogP contribution in [0.25, 0.3) is 0 Å². The van der Waals surface area contributed by atoms with Crippen LogP contribution in [0.5, 0.6) is 0 Å². The molecular formula is C16H24Cl2N4O. The SMILES string of the molecule is CC(N)C(C)C(=O)NCc1ccc(Cn2ccnc2)cc1.Cl.Cl. The highest BCUT2D eigenvalue weighted by atomic mass is 35.5. The molecule has 1 heterocycles. The summed E-state index contributed by atoms with van der Waals surface area (Å²) in [5.74, 6) is -0.182. The van der Waals surface area contributed by atoms with Crippen molar-refractivity contribution in [2.75, 3.05) is 0 Å². The molecule has 3 N–H and O–H groups in total. The minimum atomic E-state index is -0.175. The molecule has 7 heteroatoms. The number of carbonyl (C=O) groups is 1. The lowest BCUT2D eigenvalue weighted by Crippen LogP contribution is -2.38. The van der Waals surface area contributed by atoms with E-state index in [0.29, 0.717) is 6.54 Å². The van der Waals surface area contributed by atoms with Gasteiger partial charge in [0.2, 0.25) is 5.91 Å². The zero-order chi connectivity index (χ0) is 15.2. The summed E-state index contributed by atoms with van der Waals surface area (Å²) in [5.41, 5.74) is 8.00. The van der Waals surface area contributed by atoms with Crippen molar-refractivity contribution in [1.82, 2.24) is 14.9 Å². The van der Waals surface area contributed by atoms with Gasteiger partial charge in [-0.1, -0.05) is 31.2 Å². The van der Waals surface area contributed by atoms with Crippen LogP contribution in [-0.4, -0.2) is 21.5 Å². The van der Waals surface area contributed by atoms with E-state index in [4.69, 9.17) is 5.73 Å². The molecule has 0 radical (unpaired) electrons. The van der Waals surface area contributed by atoms with Gasteiger partial charge in [-0.05, 0) is 18.1 Å². The van der Waals surface area contributed by atoms with Crippen LogP contribution in [0.3, 0.4) is 0 Å². The Kier molecular flexibility index (Phi) is 9.56. The molecule has 0 aliphatic carbocycles. The predicted molar refractivity (Wildman–Crippen MR) is 96.9 cm³/mol. The summed E-state index contributed by atoms with van der Waals surface area (Å²) < 4.78 is 2.01. The Morgan fingerprint density at radius 1 is 1.22 bits per heavy atom. The number of nitrogens with zero attached hydrogens (tertiary/aromatic N) is 2. The van der Waals surface area contributed by atoms with Crippen molar-refractivity contribution in [2.24, 2.45) is 11.7 Å². The molecule has 0 aliphatic heterocycles. The smallest absolute Gasteiger partial charge is 0.224 e. The first-order valence-corrected chi connectivity index (χ1v) is 7.13.